The highest BCUT2D eigenvalue weighted by atomic mass is 16.5. The Morgan fingerprint density at radius 1 is 1.42 bits per heavy atom. The smallest absolute Gasteiger partial charge is 0.274 e. The van der Waals surface area contributed by atoms with Gasteiger partial charge in [-0.25, -0.2) is 0 Å². The summed E-state index contributed by atoms with van der Waals surface area (Å²) in [6, 6.07) is 12.3. The second-order valence-electron chi connectivity index (χ2n) is 6.21. The molecule has 1 atom stereocenters. The second-order valence-corrected chi connectivity index (χ2v) is 6.21. The minimum absolute atomic E-state index is 0.0645. The maximum absolute atomic E-state index is 12.5. The van der Waals surface area contributed by atoms with E-state index in [1.807, 2.05) is 25.2 Å². The Hall–Kier alpha value is -2.60. The van der Waals surface area contributed by atoms with Crippen molar-refractivity contribution in [2.24, 2.45) is 0 Å². The number of aromatic amines is 1. The summed E-state index contributed by atoms with van der Waals surface area (Å²) in [7, 11) is 1.81. The highest BCUT2D eigenvalue weighted by Crippen LogP contribution is 2.17. The van der Waals surface area contributed by atoms with Gasteiger partial charge in [0.25, 0.3) is 5.91 Å². The van der Waals surface area contributed by atoms with E-state index < -0.39 is 0 Å². The molecule has 3 aromatic rings. The van der Waals surface area contributed by atoms with Crippen molar-refractivity contribution in [3.8, 4) is 0 Å². The zero-order valence-electron chi connectivity index (χ0n) is 13.6. The number of H-pyrrole nitrogens is 1. The molecule has 6 heteroatoms. The quantitative estimate of drug-likeness (QED) is 0.801. The molecule has 1 aromatic carbocycles. The molecule has 24 heavy (non-hydrogen) atoms. The van der Waals surface area contributed by atoms with Crippen LogP contribution in [0.1, 0.15) is 22.6 Å². The summed E-state index contributed by atoms with van der Waals surface area (Å²) in [5.41, 5.74) is 2.53. The van der Waals surface area contributed by atoms with Crippen molar-refractivity contribution >= 4 is 16.8 Å². The van der Waals surface area contributed by atoms with E-state index in [9.17, 15) is 4.79 Å². The molecule has 4 rings (SSSR count). The van der Waals surface area contributed by atoms with Gasteiger partial charge in [0, 0.05) is 25.4 Å². The molecule has 0 radical (unpaired) electrons. The lowest BCUT2D eigenvalue weighted by molar-refractivity contribution is 0.0705. The number of hydrogen-bond donors (Lipinski definition) is 1. The molecular formula is C18H20N4O2. The Morgan fingerprint density at radius 3 is 3.12 bits per heavy atom. The van der Waals surface area contributed by atoms with Crippen LogP contribution in [0.5, 0.6) is 0 Å². The van der Waals surface area contributed by atoms with Crippen LogP contribution >= 0.6 is 0 Å². The minimum Gasteiger partial charge on any atom is -0.379 e. The Balaban J connectivity index is 1.51. The molecule has 1 aliphatic heterocycles. The maximum atomic E-state index is 12.5. The number of para-hydroxylation sites is 1. The van der Waals surface area contributed by atoms with E-state index in [2.05, 4.69) is 39.2 Å². The predicted octanol–water partition coefficient (Wildman–Crippen LogP) is 2.27. The molecule has 1 unspecified atom stereocenters. The summed E-state index contributed by atoms with van der Waals surface area (Å²) in [4.78, 5) is 14.3. The molecule has 0 aliphatic carbocycles. The van der Waals surface area contributed by atoms with E-state index in [4.69, 9.17) is 4.74 Å². The number of nitrogens with zero attached hydrogens (tertiary/aromatic N) is 3. The van der Waals surface area contributed by atoms with Crippen LogP contribution in [0.4, 0.5) is 0 Å². The molecule has 1 N–H and O–H groups in total. The Kier molecular flexibility index (Phi) is 3.82. The highest BCUT2D eigenvalue weighted by molar-refractivity contribution is 5.92. The molecule has 3 heterocycles. The van der Waals surface area contributed by atoms with Crippen molar-refractivity contribution in [3.63, 3.8) is 0 Å². The second kappa shape index (κ2) is 6.13. The average Bonchev–Trinajstić information content (AvgIpc) is 3.35. The molecule has 0 bridgehead atoms. The molecule has 6 nitrogen and oxygen atoms in total. The summed E-state index contributed by atoms with van der Waals surface area (Å²) in [6.07, 6.45) is 2.93. The number of nitrogens with one attached hydrogen (secondary N) is 1. The first-order valence-corrected chi connectivity index (χ1v) is 8.15. The van der Waals surface area contributed by atoms with E-state index in [0.29, 0.717) is 18.8 Å². The number of aromatic nitrogens is 3. The zero-order chi connectivity index (χ0) is 16.5. The Bertz CT molecular complexity index is 861. The maximum Gasteiger partial charge on any atom is 0.274 e. The number of carbonyl (C=O) groups is 1. The minimum atomic E-state index is -0.0645. The molecule has 0 saturated carbocycles. The van der Waals surface area contributed by atoms with E-state index in [1.165, 1.54) is 10.9 Å². The van der Waals surface area contributed by atoms with Crippen LogP contribution in [0, 0.1) is 0 Å². The first-order chi connectivity index (χ1) is 11.7. The predicted molar refractivity (Wildman–Crippen MR) is 90.9 cm³/mol. The lowest BCUT2D eigenvalue weighted by atomic mass is 10.2. The van der Waals surface area contributed by atoms with Gasteiger partial charge in [-0.1, -0.05) is 18.2 Å². The largest absolute Gasteiger partial charge is 0.379 e. The fraction of sp³-hybridized carbons (Fsp3) is 0.333. The summed E-state index contributed by atoms with van der Waals surface area (Å²) in [5.74, 6) is -0.0645. The summed E-state index contributed by atoms with van der Waals surface area (Å²) in [6.45, 7) is 1.98. The third kappa shape index (κ3) is 2.69. The number of likely N-dealkylation sites (N-methyl/N-ethyl adjacent to an activating group) is 1. The fourth-order valence-corrected chi connectivity index (χ4v) is 3.19. The number of fused-ring (bicyclic) bond motifs is 1. The van der Waals surface area contributed by atoms with Crippen LogP contribution < -0.4 is 0 Å². The van der Waals surface area contributed by atoms with Gasteiger partial charge in [0.05, 0.1) is 24.9 Å². The van der Waals surface area contributed by atoms with Crippen LogP contribution in [-0.2, 0) is 11.3 Å². The lowest BCUT2D eigenvalue weighted by Gasteiger charge is -2.21. The molecule has 0 spiro atoms. The fourth-order valence-electron chi connectivity index (χ4n) is 3.19. The summed E-state index contributed by atoms with van der Waals surface area (Å²) in [5, 5.41) is 8.39. The van der Waals surface area contributed by atoms with Crippen LogP contribution in [0.15, 0.2) is 42.6 Å². The number of ether oxygens (including phenoxy) is 1. The van der Waals surface area contributed by atoms with E-state index >= 15 is 0 Å². The first-order valence-electron chi connectivity index (χ1n) is 8.15. The van der Waals surface area contributed by atoms with Gasteiger partial charge in [-0.3, -0.25) is 9.89 Å². The van der Waals surface area contributed by atoms with E-state index in [1.54, 1.807) is 4.90 Å². The number of benzene rings is 1. The van der Waals surface area contributed by atoms with Crippen molar-refractivity contribution in [3.05, 3.63) is 54.0 Å². The van der Waals surface area contributed by atoms with Crippen LogP contribution in [0.3, 0.4) is 0 Å². The molecule has 2 aromatic heterocycles. The zero-order valence-corrected chi connectivity index (χ0v) is 13.6. The molecular weight excluding hydrogens is 304 g/mol. The van der Waals surface area contributed by atoms with Gasteiger partial charge >= 0.3 is 0 Å². The van der Waals surface area contributed by atoms with E-state index in [-0.39, 0.29) is 11.9 Å². The monoisotopic (exact) mass is 324 g/mol. The topological polar surface area (TPSA) is 63.2 Å². The third-order valence-electron chi connectivity index (χ3n) is 4.64. The normalized spacial score (nSPS) is 17.5. The summed E-state index contributed by atoms with van der Waals surface area (Å²) < 4.78 is 7.50. The molecule has 1 saturated heterocycles. The number of carbonyl (C=O) groups excluding carboxylic acids is 1. The number of rotatable bonds is 4. The number of amides is 1. The Labute approximate surface area is 140 Å². The van der Waals surface area contributed by atoms with Crippen LogP contribution in [-0.4, -0.2) is 51.9 Å². The van der Waals surface area contributed by atoms with Crippen LogP contribution in [0.2, 0.25) is 0 Å². The molecule has 1 amide bonds. The number of hydrogen-bond acceptors (Lipinski definition) is 3. The van der Waals surface area contributed by atoms with Gasteiger partial charge in [-0.2, -0.15) is 5.10 Å². The lowest BCUT2D eigenvalue weighted by Crippen LogP contribution is -2.37. The van der Waals surface area contributed by atoms with E-state index in [0.717, 1.165) is 18.7 Å². The van der Waals surface area contributed by atoms with Crippen LogP contribution in [0.25, 0.3) is 10.9 Å². The van der Waals surface area contributed by atoms with Gasteiger partial charge < -0.3 is 14.2 Å². The summed E-state index contributed by atoms with van der Waals surface area (Å²) >= 11 is 0. The Morgan fingerprint density at radius 2 is 2.29 bits per heavy atom. The first kappa shape index (κ1) is 15.0. The average molecular weight is 324 g/mol. The van der Waals surface area contributed by atoms with Crippen molar-refractivity contribution < 1.29 is 9.53 Å². The molecule has 1 aliphatic rings. The van der Waals surface area contributed by atoms with Gasteiger partial charge in [0.2, 0.25) is 0 Å². The molecule has 1 fully saturated rings. The van der Waals surface area contributed by atoms with Crippen molar-refractivity contribution in [1.29, 1.82) is 0 Å². The standard InChI is InChI=1S/C18H20N4O2/c1-21(15-7-9-24-12-15)18(23)16-10-14(19-20-16)11-22-8-6-13-4-2-3-5-17(13)22/h2-6,8,10,15H,7,9,11-12H2,1H3,(H,19,20). The molecule has 124 valence electrons. The van der Waals surface area contributed by atoms with Gasteiger partial charge in [0.15, 0.2) is 0 Å². The van der Waals surface area contributed by atoms with Gasteiger partial charge in [-0.05, 0) is 30.0 Å². The van der Waals surface area contributed by atoms with Gasteiger partial charge in [-0.15, -0.1) is 0 Å². The highest BCUT2D eigenvalue weighted by Gasteiger charge is 2.26. The van der Waals surface area contributed by atoms with Crippen molar-refractivity contribution in [2.45, 2.75) is 19.0 Å². The van der Waals surface area contributed by atoms with Crippen molar-refractivity contribution in [1.82, 2.24) is 19.7 Å². The van der Waals surface area contributed by atoms with Crippen molar-refractivity contribution in [2.75, 3.05) is 20.3 Å². The SMILES string of the molecule is CN(C(=O)c1cc(Cn2ccc3ccccc32)[nH]n1)C1CCOC1. The van der Waals surface area contributed by atoms with Gasteiger partial charge in [0.1, 0.15) is 5.69 Å². The third-order valence-corrected chi connectivity index (χ3v) is 4.64.